The molecule has 1 saturated heterocycles. The summed E-state index contributed by atoms with van der Waals surface area (Å²) in [5, 5.41) is 11.6. The van der Waals surface area contributed by atoms with Crippen LogP contribution in [0.4, 0.5) is 4.79 Å². The van der Waals surface area contributed by atoms with E-state index in [0.717, 1.165) is 11.3 Å². The molecule has 1 aromatic rings. The highest BCUT2D eigenvalue weighted by Crippen LogP contribution is 2.32. The highest BCUT2D eigenvalue weighted by molar-refractivity contribution is 5.80. The molecule has 2 aliphatic rings. The van der Waals surface area contributed by atoms with Gasteiger partial charge in [0.05, 0.1) is 12.0 Å². The quantitative estimate of drug-likeness (QED) is 0.828. The van der Waals surface area contributed by atoms with Crippen molar-refractivity contribution in [1.82, 2.24) is 10.2 Å². The minimum Gasteiger partial charge on any atom is -0.491 e. The minimum absolute atomic E-state index is 0.160. The van der Waals surface area contributed by atoms with Gasteiger partial charge < -0.3 is 20.1 Å². The summed E-state index contributed by atoms with van der Waals surface area (Å²) < 4.78 is 5.48. The van der Waals surface area contributed by atoms with E-state index in [0.29, 0.717) is 6.61 Å². The Bertz CT molecular complexity index is 525. The van der Waals surface area contributed by atoms with Crippen LogP contribution in [0.25, 0.3) is 0 Å². The first-order valence-electron chi connectivity index (χ1n) is 6.15. The van der Waals surface area contributed by atoms with Gasteiger partial charge in [-0.3, -0.25) is 4.79 Å². The maximum absolute atomic E-state index is 11.9. The van der Waals surface area contributed by atoms with Crippen molar-refractivity contribution in [2.45, 2.75) is 6.04 Å². The first kappa shape index (κ1) is 11.8. The number of carbonyl (C=O) groups is 2. The summed E-state index contributed by atoms with van der Waals surface area (Å²) >= 11 is 0. The number of nitrogens with zero attached hydrogens (tertiary/aromatic N) is 1. The van der Waals surface area contributed by atoms with Gasteiger partial charge in [0.25, 0.3) is 0 Å². The molecule has 2 aliphatic heterocycles. The smallest absolute Gasteiger partial charge is 0.318 e. The van der Waals surface area contributed by atoms with Gasteiger partial charge in [0.1, 0.15) is 12.4 Å². The highest BCUT2D eigenvalue weighted by atomic mass is 16.5. The number of benzene rings is 1. The molecule has 100 valence electrons. The summed E-state index contributed by atoms with van der Waals surface area (Å²) in [7, 11) is 0. The van der Waals surface area contributed by atoms with Crippen molar-refractivity contribution in [3.63, 3.8) is 0 Å². The van der Waals surface area contributed by atoms with Crippen molar-refractivity contribution in [3.05, 3.63) is 29.8 Å². The van der Waals surface area contributed by atoms with Gasteiger partial charge in [-0.25, -0.2) is 4.79 Å². The van der Waals surface area contributed by atoms with Gasteiger partial charge in [0.2, 0.25) is 0 Å². The fraction of sp³-hybridized carbons (Fsp3) is 0.385. The van der Waals surface area contributed by atoms with Gasteiger partial charge in [-0.15, -0.1) is 0 Å². The molecule has 0 aromatic heterocycles. The number of hydrogen-bond acceptors (Lipinski definition) is 3. The number of likely N-dealkylation sites (tertiary alicyclic amines) is 1. The Morgan fingerprint density at radius 1 is 1.32 bits per heavy atom. The van der Waals surface area contributed by atoms with Gasteiger partial charge >= 0.3 is 12.0 Å². The van der Waals surface area contributed by atoms with Crippen LogP contribution in [0.1, 0.15) is 11.6 Å². The number of fused-ring (bicyclic) bond motifs is 1. The predicted molar refractivity (Wildman–Crippen MR) is 65.9 cm³/mol. The van der Waals surface area contributed by atoms with Crippen molar-refractivity contribution in [2.24, 2.45) is 5.92 Å². The van der Waals surface area contributed by atoms with Crippen molar-refractivity contribution < 1.29 is 19.4 Å². The Kier molecular flexibility index (Phi) is 2.77. The van der Waals surface area contributed by atoms with Crippen LogP contribution < -0.4 is 10.1 Å². The average Bonchev–Trinajstić information content (AvgIpc) is 2.70. The maximum atomic E-state index is 11.9. The van der Waals surface area contributed by atoms with E-state index < -0.39 is 11.9 Å². The second-order valence-electron chi connectivity index (χ2n) is 4.79. The monoisotopic (exact) mass is 262 g/mol. The van der Waals surface area contributed by atoms with E-state index in [4.69, 9.17) is 9.84 Å². The Morgan fingerprint density at radius 2 is 2.05 bits per heavy atom. The van der Waals surface area contributed by atoms with Gasteiger partial charge in [0, 0.05) is 18.7 Å². The minimum atomic E-state index is -0.849. The number of aliphatic carboxylic acids is 1. The predicted octanol–water partition coefficient (Wildman–Crippen LogP) is 0.846. The third kappa shape index (κ3) is 2.09. The van der Waals surface area contributed by atoms with Crippen molar-refractivity contribution in [2.75, 3.05) is 19.7 Å². The fourth-order valence-corrected chi connectivity index (χ4v) is 2.32. The second-order valence-corrected chi connectivity index (χ2v) is 4.79. The van der Waals surface area contributed by atoms with Crippen molar-refractivity contribution >= 4 is 12.0 Å². The maximum Gasteiger partial charge on any atom is 0.318 e. The van der Waals surface area contributed by atoms with Gasteiger partial charge in [-0.05, 0) is 6.07 Å². The molecule has 2 heterocycles. The summed E-state index contributed by atoms with van der Waals surface area (Å²) in [6.07, 6.45) is 0. The van der Waals surface area contributed by atoms with E-state index in [1.807, 2.05) is 24.3 Å². The first-order chi connectivity index (χ1) is 9.15. The standard InChI is InChI=1S/C13H14N2O4/c16-12(17)8-5-15(6-8)13(18)14-10-7-19-11-4-2-1-3-9(10)11/h1-4,8,10H,5-7H2,(H,14,18)(H,16,17). The molecule has 1 atom stereocenters. The molecule has 19 heavy (non-hydrogen) atoms. The van der Waals surface area contributed by atoms with E-state index in [1.54, 1.807) is 0 Å². The molecule has 0 spiro atoms. The van der Waals surface area contributed by atoms with E-state index in [-0.39, 0.29) is 25.2 Å². The summed E-state index contributed by atoms with van der Waals surface area (Å²) in [6, 6.07) is 7.18. The Balaban J connectivity index is 1.59. The van der Waals surface area contributed by atoms with Crippen LogP contribution in [-0.4, -0.2) is 41.7 Å². The Hall–Kier alpha value is -2.24. The number of carboxylic acids is 1. The fourth-order valence-electron chi connectivity index (χ4n) is 2.32. The zero-order valence-electron chi connectivity index (χ0n) is 10.2. The Morgan fingerprint density at radius 3 is 2.79 bits per heavy atom. The summed E-state index contributed by atoms with van der Waals surface area (Å²) in [4.78, 5) is 24.1. The zero-order valence-corrected chi connectivity index (χ0v) is 10.2. The molecule has 2 amide bonds. The summed E-state index contributed by atoms with van der Waals surface area (Å²) in [6.45, 7) is 0.966. The summed E-state index contributed by atoms with van der Waals surface area (Å²) in [5.74, 6) is -0.490. The SMILES string of the molecule is O=C(O)C1CN(C(=O)NC2COc3ccccc32)C1. The molecule has 0 saturated carbocycles. The number of amides is 2. The number of carbonyl (C=O) groups excluding carboxylic acids is 1. The zero-order chi connectivity index (χ0) is 13.4. The molecular formula is C13H14N2O4. The van der Waals surface area contributed by atoms with Crippen LogP contribution in [0.2, 0.25) is 0 Å². The lowest BCUT2D eigenvalue weighted by molar-refractivity contribution is -0.146. The van der Waals surface area contributed by atoms with Crippen LogP contribution >= 0.6 is 0 Å². The van der Waals surface area contributed by atoms with Gasteiger partial charge in [0.15, 0.2) is 0 Å². The lowest BCUT2D eigenvalue weighted by Gasteiger charge is -2.37. The number of rotatable bonds is 2. The lowest BCUT2D eigenvalue weighted by Crippen LogP contribution is -2.56. The molecular weight excluding hydrogens is 248 g/mol. The third-order valence-corrected chi connectivity index (χ3v) is 3.52. The van der Waals surface area contributed by atoms with E-state index in [9.17, 15) is 9.59 Å². The summed E-state index contributed by atoms with van der Waals surface area (Å²) in [5.41, 5.74) is 0.964. The van der Waals surface area contributed by atoms with E-state index in [1.165, 1.54) is 4.90 Å². The average molecular weight is 262 g/mol. The third-order valence-electron chi connectivity index (χ3n) is 3.52. The molecule has 1 unspecified atom stereocenters. The molecule has 0 radical (unpaired) electrons. The van der Waals surface area contributed by atoms with E-state index in [2.05, 4.69) is 5.32 Å². The molecule has 1 fully saturated rings. The van der Waals surface area contributed by atoms with Crippen LogP contribution in [-0.2, 0) is 4.79 Å². The lowest BCUT2D eigenvalue weighted by atomic mass is 10.0. The molecule has 0 aliphatic carbocycles. The normalized spacial score (nSPS) is 21.3. The molecule has 2 N–H and O–H groups in total. The number of nitrogens with one attached hydrogen (secondary N) is 1. The number of para-hydroxylation sites is 1. The number of urea groups is 1. The molecule has 6 heteroatoms. The largest absolute Gasteiger partial charge is 0.491 e. The number of ether oxygens (including phenoxy) is 1. The van der Waals surface area contributed by atoms with Gasteiger partial charge in [-0.1, -0.05) is 18.2 Å². The molecule has 3 rings (SSSR count). The van der Waals surface area contributed by atoms with Crippen LogP contribution in [0.3, 0.4) is 0 Å². The van der Waals surface area contributed by atoms with Crippen LogP contribution in [0, 0.1) is 5.92 Å². The topological polar surface area (TPSA) is 78.9 Å². The number of hydrogen-bond donors (Lipinski definition) is 2. The van der Waals surface area contributed by atoms with E-state index >= 15 is 0 Å². The Labute approximate surface area is 110 Å². The van der Waals surface area contributed by atoms with Crippen molar-refractivity contribution in [1.29, 1.82) is 0 Å². The molecule has 1 aromatic carbocycles. The molecule has 0 bridgehead atoms. The highest BCUT2D eigenvalue weighted by Gasteiger charge is 2.37. The van der Waals surface area contributed by atoms with Crippen LogP contribution in [0.5, 0.6) is 5.75 Å². The second kappa shape index (κ2) is 4.46. The first-order valence-corrected chi connectivity index (χ1v) is 6.15. The molecule has 6 nitrogen and oxygen atoms in total. The number of carboxylic acid groups (broad SMARTS) is 1. The van der Waals surface area contributed by atoms with Gasteiger partial charge in [-0.2, -0.15) is 0 Å². The van der Waals surface area contributed by atoms with Crippen molar-refractivity contribution in [3.8, 4) is 5.75 Å². The van der Waals surface area contributed by atoms with Crippen LogP contribution in [0.15, 0.2) is 24.3 Å².